The number of nitro groups is 1. The number of carboxylic acids is 1. The summed E-state index contributed by atoms with van der Waals surface area (Å²) in [7, 11) is 2.75. The minimum atomic E-state index is -1.34. The molecule has 1 N–H and O–H groups in total. The van der Waals surface area contributed by atoms with Gasteiger partial charge in [-0.25, -0.2) is 4.68 Å². The molecule has 10 nitrogen and oxygen atoms in total. The summed E-state index contributed by atoms with van der Waals surface area (Å²) >= 11 is 0. The van der Waals surface area contributed by atoms with Gasteiger partial charge in [0.2, 0.25) is 0 Å². The maximum absolute atomic E-state index is 12.9. The molecule has 10 heteroatoms. The molecule has 2 aromatic carbocycles. The molecule has 3 aromatic rings. The van der Waals surface area contributed by atoms with Crippen LogP contribution in [0.2, 0.25) is 0 Å². The van der Waals surface area contributed by atoms with E-state index in [0.717, 1.165) is 4.68 Å². The highest BCUT2D eigenvalue weighted by molar-refractivity contribution is 5.85. The van der Waals surface area contributed by atoms with Crippen molar-refractivity contribution in [3.05, 3.63) is 78.6 Å². The van der Waals surface area contributed by atoms with Crippen LogP contribution in [0.1, 0.15) is 15.9 Å². The smallest absolute Gasteiger partial charge is 0.280 e. The van der Waals surface area contributed by atoms with Gasteiger partial charge in [-0.05, 0) is 29.8 Å². The van der Waals surface area contributed by atoms with Gasteiger partial charge in [-0.2, -0.15) is 0 Å². The first-order valence-electron chi connectivity index (χ1n) is 8.50. The van der Waals surface area contributed by atoms with Crippen LogP contribution in [0.5, 0.6) is 11.5 Å². The topological polar surface area (TPSA) is 140 Å². The van der Waals surface area contributed by atoms with E-state index in [1.807, 2.05) is 0 Å². The number of hydrogen-bond donors (Lipinski definition) is 1. The molecular weight excluding hydrogens is 394 g/mol. The lowest BCUT2D eigenvalue weighted by Crippen LogP contribution is -2.34. The van der Waals surface area contributed by atoms with Gasteiger partial charge >= 0.3 is 0 Å². The molecule has 0 aliphatic rings. The van der Waals surface area contributed by atoms with Crippen molar-refractivity contribution < 1.29 is 24.3 Å². The zero-order chi connectivity index (χ0) is 22.0. The minimum absolute atomic E-state index is 0.0408. The fourth-order valence-electron chi connectivity index (χ4n) is 2.89. The molecule has 0 aliphatic carbocycles. The number of nitrogens with zero attached hydrogens (tertiary/aromatic N) is 2. The molecule has 3 rings (SSSR count). The van der Waals surface area contributed by atoms with Crippen molar-refractivity contribution in [2.75, 3.05) is 14.2 Å². The first kappa shape index (κ1) is 20.4. The van der Waals surface area contributed by atoms with Crippen LogP contribution in [-0.2, 0) is 0 Å². The van der Waals surface area contributed by atoms with Crippen LogP contribution >= 0.6 is 0 Å². The number of H-pyrrole nitrogens is 1. The summed E-state index contributed by atoms with van der Waals surface area (Å²) in [6, 6.07) is 8.03. The summed E-state index contributed by atoms with van der Waals surface area (Å²) in [6.07, 6.45) is 1.33. The Hall–Kier alpha value is -4.34. The van der Waals surface area contributed by atoms with Gasteiger partial charge in [0.1, 0.15) is 0 Å². The molecule has 0 unspecified atom stereocenters. The van der Waals surface area contributed by atoms with Gasteiger partial charge in [0, 0.05) is 0 Å². The highest BCUT2D eigenvalue weighted by atomic mass is 16.6. The second-order valence-electron chi connectivity index (χ2n) is 6.15. The van der Waals surface area contributed by atoms with Gasteiger partial charge < -0.3 is 19.4 Å². The molecule has 0 aliphatic heterocycles. The van der Waals surface area contributed by atoms with E-state index in [2.05, 4.69) is 11.7 Å². The molecule has 0 bridgehead atoms. The van der Waals surface area contributed by atoms with E-state index in [1.165, 1.54) is 56.7 Å². The number of nitro benzene ring substituents is 1. The number of carbonyl (C=O) groups excluding carboxylic acids is 1. The maximum atomic E-state index is 12.9. The molecule has 30 heavy (non-hydrogen) atoms. The number of aromatic amines is 1. The monoisotopic (exact) mass is 410 g/mol. The number of carbonyl (C=O) groups is 1. The summed E-state index contributed by atoms with van der Waals surface area (Å²) < 4.78 is 11.4. The summed E-state index contributed by atoms with van der Waals surface area (Å²) in [6.45, 7) is 3.78. The summed E-state index contributed by atoms with van der Waals surface area (Å²) in [5.41, 5.74) is -0.363. The molecule has 0 fully saturated rings. The van der Waals surface area contributed by atoms with Gasteiger partial charge in [-0.3, -0.25) is 20.0 Å². The number of ether oxygens (including phenoxy) is 2. The van der Waals surface area contributed by atoms with Crippen molar-refractivity contribution in [3.8, 4) is 17.2 Å². The summed E-state index contributed by atoms with van der Waals surface area (Å²) in [5.74, 6) is -0.905. The minimum Gasteiger partial charge on any atom is -0.545 e. The Balaban J connectivity index is 2.20. The first-order valence-corrected chi connectivity index (χ1v) is 8.50. The zero-order valence-corrected chi connectivity index (χ0v) is 16.0. The third kappa shape index (κ3) is 3.65. The van der Waals surface area contributed by atoms with Crippen LogP contribution in [0.4, 0.5) is 5.69 Å². The number of rotatable bonds is 6. The van der Waals surface area contributed by atoms with E-state index in [1.54, 1.807) is 0 Å². The zero-order valence-electron chi connectivity index (χ0n) is 16.0. The molecule has 1 heterocycles. The van der Waals surface area contributed by atoms with Gasteiger partial charge in [-0.15, -0.1) is 0 Å². The van der Waals surface area contributed by atoms with Gasteiger partial charge in [0.25, 0.3) is 11.2 Å². The predicted molar refractivity (Wildman–Crippen MR) is 105 cm³/mol. The lowest BCUT2D eigenvalue weighted by atomic mass is 10.1. The second kappa shape index (κ2) is 7.95. The lowest BCUT2D eigenvalue weighted by Gasteiger charge is -2.08. The Kier molecular flexibility index (Phi) is 5.41. The molecule has 0 saturated heterocycles. The Bertz CT molecular complexity index is 1300. The first-order chi connectivity index (χ1) is 14.3. The van der Waals surface area contributed by atoms with E-state index in [0.29, 0.717) is 5.69 Å². The molecule has 0 saturated carbocycles. The summed E-state index contributed by atoms with van der Waals surface area (Å²) in [5, 5.41) is 25.5. The number of hydrogen-bond acceptors (Lipinski definition) is 7. The Labute approximate surface area is 169 Å². The molecule has 154 valence electrons. The van der Waals surface area contributed by atoms with E-state index >= 15 is 0 Å². The van der Waals surface area contributed by atoms with E-state index < -0.39 is 16.5 Å². The molecule has 1 aromatic heterocycles. The quantitative estimate of drug-likeness (QED) is 0.434. The number of methoxy groups -OCH3 is 2. The maximum Gasteiger partial charge on any atom is 0.280 e. The number of nitrogens with one attached hydrogen (secondary N) is 1. The fraction of sp³-hybridized carbons (Fsp3) is 0.100. The SMILES string of the molecule is C=c1[nH]n(-c2ccc(C(=O)[O-])cc2)c(=O)/c1=C\c1cc(OC)c(OC)cc1[N+](=O)[O-]. The van der Waals surface area contributed by atoms with Crippen molar-refractivity contribution in [3.63, 3.8) is 0 Å². The van der Waals surface area contributed by atoms with Crippen molar-refractivity contribution >= 4 is 24.3 Å². The van der Waals surface area contributed by atoms with Crippen molar-refractivity contribution in [1.82, 2.24) is 9.78 Å². The molecule has 0 atom stereocenters. The van der Waals surface area contributed by atoms with Crippen LogP contribution in [-0.4, -0.2) is 34.9 Å². The number of aromatic carboxylic acids is 1. The molecule has 0 radical (unpaired) electrons. The van der Waals surface area contributed by atoms with Crippen LogP contribution in [0.15, 0.2) is 41.2 Å². The van der Waals surface area contributed by atoms with E-state index in [4.69, 9.17) is 9.47 Å². The number of aromatic nitrogens is 2. The standard InChI is InChI=1S/C20H17N3O7/c1-11-15(8-13-9-17(29-2)18(30-3)10-16(13)23(27)28)19(24)22(21-11)14-6-4-12(5-7-14)20(25)26/h4-10,21H,1H2,2-3H3,(H,25,26)/p-1/b15-8-. The fourth-order valence-corrected chi connectivity index (χ4v) is 2.89. The van der Waals surface area contributed by atoms with Crippen LogP contribution < -0.4 is 30.7 Å². The molecule has 0 amide bonds. The van der Waals surface area contributed by atoms with Crippen LogP contribution in [0.3, 0.4) is 0 Å². The van der Waals surface area contributed by atoms with E-state index in [9.17, 15) is 24.8 Å². The Morgan fingerprint density at radius 1 is 1.17 bits per heavy atom. The highest BCUT2D eigenvalue weighted by Crippen LogP contribution is 2.34. The lowest BCUT2D eigenvalue weighted by molar-refractivity contribution is -0.385. The third-order valence-corrected chi connectivity index (χ3v) is 4.40. The highest BCUT2D eigenvalue weighted by Gasteiger charge is 2.18. The van der Waals surface area contributed by atoms with Crippen LogP contribution in [0.25, 0.3) is 18.3 Å². The van der Waals surface area contributed by atoms with E-state index in [-0.39, 0.29) is 38.9 Å². The third-order valence-electron chi connectivity index (χ3n) is 4.40. The average Bonchev–Trinajstić information content (AvgIpc) is 3.01. The van der Waals surface area contributed by atoms with Crippen molar-refractivity contribution in [1.29, 1.82) is 0 Å². The van der Waals surface area contributed by atoms with Gasteiger partial charge in [0.15, 0.2) is 11.5 Å². The second-order valence-corrected chi connectivity index (χ2v) is 6.15. The normalized spacial score (nSPS) is 11.3. The Morgan fingerprint density at radius 3 is 2.30 bits per heavy atom. The molecule has 0 spiro atoms. The van der Waals surface area contributed by atoms with Crippen molar-refractivity contribution in [2.45, 2.75) is 0 Å². The number of carboxylic acid groups (broad SMARTS) is 1. The average molecular weight is 410 g/mol. The predicted octanol–water partition coefficient (Wildman–Crippen LogP) is -0.306. The van der Waals surface area contributed by atoms with Crippen molar-refractivity contribution in [2.24, 2.45) is 0 Å². The van der Waals surface area contributed by atoms with Gasteiger partial charge in [0.05, 0.1) is 53.0 Å². The largest absolute Gasteiger partial charge is 0.545 e. The number of benzene rings is 2. The Morgan fingerprint density at radius 2 is 1.77 bits per heavy atom. The summed E-state index contributed by atoms with van der Waals surface area (Å²) in [4.78, 5) is 34.7. The van der Waals surface area contributed by atoms with Gasteiger partial charge in [-0.1, -0.05) is 18.7 Å². The van der Waals surface area contributed by atoms with Crippen LogP contribution in [0, 0.1) is 10.1 Å². The molecular formula is C20H16N3O7-.